The van der Waals surface area contributed by atoms with E-state index in [2.05, 4.69) is 6.92 Å². The largest absolute Gasteiger partial charge is 0.358 e. The Morgan fingerprint density at radius 1 is 1.45 bits per heavy atom. The van der Waals surface area contributed by atoms with E-state index in [9.17, 15) is 0 Å². The minimum Gasteiger partial charge on any atom is -0.358 e. The minimum atomic E-state index is -3.44. The van der Waals surface area contributed by atoms with Gasteiger partial charge >= 0.3 is 58.2 Å². The smallest absolute Gasteiger partial charge is 0 e. The van der Waals surface area contributed by atoms with E-state index in [1.807, 2.05) is 0 Å². The molecule has 0 amide bonds. The summed E-state index contributed by atoms with van der Waals surface area (Å²) < 4.78 is 18.0. The second kappa shape index (κ2) is 8.61. The maximum absolute atomic E-state index is 9.00. The number of hydrogen-bond acceptors (Lipinski definition) is 2. The number of rotatable bonds is 3. The molecule has 0 heterocycles. The van der Waals surface area contributed by atoms with Gasteiger partial charge in [0.1, 0.15) is 0 Å². The number of hydrogen-bond donors (Lipinski definition) is 2. The van der Waals surface area contributed by atoms with Gasteiger partial charge in [0, 0.05) is 21.1 Å². The molecule has 0 bridgehead atoms. The Kier molecular flexibility index (Phi) is 13.7. The zero-order valence-electron chi connectivity index (χ0n) is 6.38. The van der Waals surface area contributed by atoms with E-state index < -0.39 is 14.2 Å². The van der Waals surface area contributed by atoms with Crippen molar-refractivity contribution in [2.45, 2.75) is 5.21 Å². The third-order valence-electron chi connectivity index (χ3n) is 0.718. The van der Waals surface area contributed by atoms with Gasteiger partial charge in [0.05, 0.1) is 0 Å². The molecule has 71 valence electrons. The first-order chi connectivity index (χ1) is 4.12. The molecule has 2 N–H and O–H groups in total. The van der Waals surface area contributed by atoms with Crippen LogP contribution in [0.2, 0.25) is 5.21 Å². The molecule has 2 nitrogen and oxygen atoms in total. The molecule has 0 aromatic rings. The Bertz CT molecular complexity index is 124. The molecule has 4 heteroatoms. The Morgan fingerprint density at radius 2 is 1.91 bits per heavy atom. The fraction of sp³-hybridized carbons (Fsp3) is 0.143. The molecular formula is C7H13AsO2Pt-3. The van der Waals surface area contributed by atoms with Gasteiger partial charge < -0.3 is 7.43 Å². The van der Waals surface area contributed by atoms with Crippen molar-refractivity contribution in [2.75, 3.05) is 0 Å². The maximum Gasteiger partial charge on any atom is 0 e. The minimum absolute atomic E-state index is 0. The first-order valence-corrected chi connectivity index (χ1v) is 6.55. The van der Waals surface area contributed by atoms with Gasteiger partial charge in [0.2, 0.25) is 0 Å². The molecule has 0 unspecified atom stereocenters. The van der Waals surface area contributed by atoms with Crippen molar-refractivity contribution in [3.8, 4) is 0 Å². The third kappa shape index (κ3) is 10.5. The first kappa shape index (κ1) is 17.6. The average molecular weight is 399 g/mol. The Balaban J connectivity index is -0.000000320. The zero-order chi connectivity index (χ0) is 7.33. The van der Waals surface area contributed by atoms with Crippen molar-refractivity contribution in [2.24, 2.45) is 0 Å². The Labute approximate surface area is 86.4 Å². The van der Waals surface area contributed by atoms with E-state index in [0.29, 0.717) is 0 Å². The van der Waals surface area contributed by atoms with Crippen LogP contribution in [0, 0.1) is 20.9 Å². The molecular weight excluding hydrogens is 386 g/mol. The summed E-state index contributed by atoms with van der Waals surface area (Å²) in [4.78, 5) is 1.33. The number of allylic oxidation sites excluding steroid dienone is 2. The fourth-order valence-electron chi connectivity index (χ4n) is 0.385. The molecule has 0 rings (SSSR count). The summed E-state index contributed by atoms with van der Waals surface area (Å²) in [6.07, 6.45) is 2.64. The zero-order valence-corrected chi connectivity index (χ0v) is 10.5. The van der Waals surface area contributed by atoms with Crippen LogP contribution >= 0.6 is 0 Å². The van der Waals surface area contributed by atoms with E-state index in [1.165, 1.54) is 17.0 Å². The molecule has 0 spiro atoms. The quantitative estimate of drug-likeness (QED) is 0.544. The summed E-state index contributed by atoms with van der Waals surface area (Å²) in [6.45, 7) is 8.33. The van der Waals surface area contributed by atoms with Gasteiger partial charge in [-0.15, -0.1) is 0 Å². The van der Waals surface area contributed by atoms with Crippen molar-refractivity contribution in [3.63, 3.8) is 0 Å². The summed E-state index contributed by atoms with van der Waals surface area (Å²) in [7, 11) is 0. The van der Waals surface area contributed by atoms with Crippen LogP contribution in [-0.4, -0.2) is 22.4 Å². The Hall–Kier alpha value is 0.517. The van der Waals surface area contributed by atoms with E-state index in [-0.39, 0.29) is 33.7 Å². The van der Waals surface area contributed by atoms with Gasteiger partial charge in [0.15, 0.2) is 0 Å². The molecule has 0 atom stereocenters. The van der Waals surface area contributed by atoms with E-state index >= 15 is 0 Å². The van der Waals surface area contributed by atoms with Crippen LogP contribution in [0.5, 0.6) is 0 Å². The Morgan fingerprint density at radius 3 is 2.18 bits per heavy atom. The van der Waals surface area contributed by atoms with Gasteiger partial charge in [-0.05, 0) is 0 Å². The topological polar surface area (TPSA) is 40.5 Å². The van der Waals surface area contributed by atoms with Gasteiger partial charge in [-0.25, -0.2) is 0 Å². The van der Waals surface area contributed by atoms with Gasteiger partial charge in [0.25, 0.3) is 0 Å². The molecule has 1 radical (unpaired) electrons. The molecule has 0 saturated carbocycles. The van der Waals surface area contributed by atoms with Crippen LogP contribution in [0.15, 0.2) is 17.0 Å². The maximum atomic E-state index is 9.00. The van der Waals surface area contributed by atoms with Gasteiger partial charge in [-0.1, -0.05) is 0 Å². The molecule has 0 aliphatic rings. The summed E-state index contributed by atoms with van der Waals surface area (Å²) in [5.74, 6) is 0. The van der Waals surface area contributed by atoms with Crippen LogP contribution in [0.4, 0.5) is 0 Å². The molecule has 11 heavy (non-hydrogen) atoms. The van der Waals surface area contributed by atoms with Crippen LogP contribution in [-0.2, 0) is 21.1 Å². The van der Waals surface area contributed by atoms with Crippen molar-refractivity contribution in [3.05, 3.63) is 37.9 Å². The van der Waals surface area contributed by atoms with Crippen LogP contribution < -0.4 is 0 Å². The van der Waals surface area contributed by atoms with Crippen LogP contribution in [0.1, 0.15) is 0 Å². The fourth-order valence-corrected chi connectivity index (χ4v) is 2.00. The second-order valence-corrected chi connectivity index (χ2v) is 6.28. The molecule has 0 fully saturated rings. The van der Waals surface area contributed by atoms with Crippen molar-refractivity contribution >= 4 is 14.2 Å². The standard InChI is InChI=1S/C6H10AsO2.CH3.Pt/c1-3-5-7(8,9)6-4-2;;/h1,3-4,6,8-9H,2,5H2;1H3;/q-2;-1;. The van der Waals surface area contributed by atoms with Crippen LogP contribution in [0.3, 0.4) is 0 Å². The molecule has 0 aromatic heterocycles. The van der Waals surface area contributed by atoms with E-state index in [1.54, 1.807) is 0 Å². The normalized spacial score (nSPS) is 10.0. The summed E-state index contributed by atoms with van der Waals surface area (Å²) >= 11 is -3.44. The SMILES string of the molecule is [CH-]=CC[As](O)(O)C=C[CH2-].[CH3-].[Pt]. The van der Waals surface area contributed by atoms with Crippen molar-refractivity contribution in [1.82, 2.24) is 0 Å². The monoisotopic (exact) mass is 399 g/mol. The summed E-state index contributed by atoms with van der Waals surface area (Å²) in [5.41, 5.74) is 0. The molecule has 0 aromatic carbocycles. The molecule has 0 aliphatic heterocycles. The summed E-state index contributed by atoms with van der Waals surface area (Å²) in [6, 6.07) is 0. The van der Waals surface area contributed by atoms with Crippen molar-refractivity contribution < 1.29 is 29.3 Å². The summed E-state index contributed by atoms with van der Waals surface area (Å²) in [5, 5.41) is 0.185. The predicted molar refractivity (Wildman–Crippen MR) is 44.8 cm³/mol. The first-order valence-electron chi connectivity index (χ1n) is 2.46. The molecule has 0 saturated heterocycles. The van der Waals surface area contributed by atoms with Gasteiger partial charge in [-0.2, -0.15) is 0 Å². The predicted octanol–water partition coefficient (Wildman–Crippen LogP) is 0.780. The van der Waals surface area contributed by atoms with Gasteiger partial charge in [-0.3, -0.25) is 0 Å². The second-order valence-electron chi connectivity index (χ2n) is 1.59. The van der Waals surface area contributed by atoms with E-state index in [0.717, 1.165) is 0 Å². The average Bonchev–Trinajstić information content (AvgIpc) is 1.64. The van der Waals surface area contributed by atoms with E-state index in [4.69, 9.17) is 14.8 Å². The third-order valence-corrected chi connectivity index (χ3v) is 3.73. The molecule has 0 aliphatic carbocycles. The van der Waals surface area contributed by atoms with Crippen molar-refractivity contribution in [1.29, 1.82) is 0 Å². The van der Waals surface area contributed by atoms with Crippen LogP contribution in [0.25, 0.3) is 0 Å².